The van der Waals surface area contributed by atoms with E-state index in [2.05, 4.69) is 5.32 Å². The van der Waals surface area contributed by atoms with Gasteiger partial charge in [-0.1, -0.05) is 0 Å². The molecule has 1 saturated heterocycles. The highest BCUT2D eigenvalue weighted by Crippen LogP contribution is 2.20. The quantitative estimate of drug-likeness (QED) is 0.912. The van der Waals surface area contributed by atoms with E-state index in [4.69, 9.17) is 4.74 Å². The fourth-order valence-electron chi connectivity index (χ4n) is 2.55. The van der Waals surface area contributed by atoms with Crippen LogP contribution in [0.2, 0.25) is 0 Å². The van der Waals surface area contributed by atoms with Gasteiger partial charge in [0.15, 0.2) is 0 Å². The van der Waals surface area contributed by atoms with Crippen LogP contribution in [0.5, 0.6) is 0 Å². The summed E-state index contributed by atoms with van der Waals surface area (Å²) in [7, 11) is 1.67. The molecule has 2 aliphatic rings. The summed E-state index contributed by atoms with van der Waals surface area (Å²) in [6, 6.07) is 7.23. The minimum absolute atomic E-state index is 0.00343. The topological polar surface area (TPSA) is 58.6 Å². The van der Waals surface area contributed by atoms with Crippen LogP contribution in [-0.2, 0) is 4.74 Å². The normalized spacial score (nSPS) is 21.4. The summed E-state index contributed by atoms with van der Waals surface area (Å²) >= 11 is 0. The first-order chi connectivity index (χ1) is 10.2. The van der Waals surface area contributed by atoms with Gasteiger partial charge in [-0.15, -0.1) is 0 Å². The zero-order valence-electron chi connectivity index (χ0n) is 12.2. The maximum absolute atomic E-state index is 12.3. The van der Waals surface area contributed by atoms with Crippen molar-refractivity contribution in [2.24, 2.45) is 0 Å². The molecule has 1 aliphatic carbocycles. The van der Waals surface area contributed by atoms with Gasteiger partial charge in [0.05, 0.1) is 6.10 Å². The second-order valence-electron chi connectivity index (χ2n) is 5.72. The largest absolute Gasteiger partial charge is 0.380 e. The van der Waals surface area contributed by atoms with E-state index in [1.165, 1.54) is 0 Å². The van der Waals surface area contributed by atoms with Gasteiger partial charge in [-0.05, 0) is 43.5 Å². The number of benzene rings is 1. The summed E-state index contributed by atoms with van der Waals surface area (Å²) < 4.78 is 5.27. The van der Waals surface area contributed by atoms with Crippen LogP contribution in [0.15, 0.2) is 24.3 Å². The predicted octanol–water partition coefficient (Wildman–Crippen LogP) is 1.44. The molecule has 1 saturated carbocycles. The maximum Gasteiger partial charge on any atom is 0.253 e. The Kier molecular flexibility index (Phi) is 3.92. The minimum atomic E-state index is -0.0582. The molecule has 1 aliphatic heterocycles. The molecule has 1 N–H and O–H groups in total. The Morgan fingerprint density at radius 1 is 1.14 bits per heavy atom. The highest BCUT2D eigenvalue weighted by molar-refractivity contribution is 5.98. The van der Waals surface area contributed by atoms with E-state index in [0.29, 0.717) is 23.7 Å². The molecule has 5 nitrogen and oxygen atoms in total. The van der Waals surface area contributed by atoms with E-state index in [0.717, 1.165) is 25.8 Å². The van der Waals surface area contributed by atoms with Crippen molar-refractivity contribution in [3.05, 3.63) is 35.4 Å². The Balaban J connectivity index is 1.63. The van der Waals surface area contributed by atoms with Crippen LogP contribution in [0.4, 0.5) is 0 Å². The lowest BCUT2D eigenvalue weighted by Crippen LogP contribution is -2.30. The van der Waals surface area contributed by atoms with E-state index in [1.807, 2.05) is 0 Å². The van der Waals surface area contributed by atoms with Gasteiger partial charge in [0.1, 0.15) is 0 Å². The van der Waals surface area contributed by atoms with Gasteiger partial charge in [0.2, 0.25) is 0 Å². The molecular formula is C16H20N2O3. The fraction of sp³-hybridized carbons (Fsp3) is 0.500. The number of ether oxygens (including phenoxy) is 1. The Labute approximate surface area is 124 Å². The summed E-state index contributed by atoms with van der Waals surface area (Å²) in [6.07, 6.45) is 3.15. The van der Waals surface area contributed by atoms with Crippen molar-refractivity contribution < 1.29 is 14.3 Å². The number of likely N-dealkylation sites (tertiary alicyclic amines) is 1. The summed E-state index contributed by atoms with van der Waals surface area (Å²) in [6.45, 7) is 1.36. The van der Waals surface area contributed by atoms with E-state index in [-0.39, 0.29) is 17.9 Å². The predicted molar refractivity (Wildman–Crippen MR) is 78.2 cm³/mol. The molecule has 2 amide bonds. The van der Waals surface area contributed by atoms with Crippen molar-refractivity contribution in [1.82, 2.24) is 10.2 Å². The zero-order valence-corrected chi connectivity index (χ0v) is 12.2. The van der Waals surface area contributed by atoms with Crippen molar-refractivity contribution >= 4 is 11.8 Å². The van der Waals surface area contributed by atoms with Crippen molar-refractivity contribution in [3.8, 4) is 0 Å². The average molecular weight is 288 g/mol. The molecule has 0 unspecified atom stereocenters. The molecule has 112 valence electrons. The van der Waals surface area contributed by atoms with Crippen LogP contribution in [0.1, 0.15) is 40.0 Å². The van der Waals surface area contributed by atoms with E-state index in [9.17, 15) is 9.59 Å². The highest BCUT2D eigenvalue weighted by atomic mass is 16.5. The number of carbonyl (C=O) groups is 2. The van der Waals surface area contributed by atoms with Crippen LogP contribution in [0, 0.1) is 0 Å². The molecule has 1 atom stereocenters. The number of nitrogens with one attached hydrogen (secondary N) is 1. The number of amides is 2. The monoisotopic (exact) mass is 288 g/mol. The molecule has 2 fully saturated rings. The number of carbonyl (C=O) groups excluding carboxylic acids is 2. The highest BCUT2D eigenvalue weighted by Gasteiger charge is 2.27. The van der Waals surface area contributed by atoms with Crippen LogP contribution in [0.3, 0.4) is 0 Å². The van der Waals surface area contributed by atoms with Gasteiger partial charge >= 0.3 is 0 Å². The summed E-state index contributed by atoms with van der Waals surface area (Å²) in [5.41, 5.74) is 1.23. The number of hydrogen-bond donors (Lipinski definition) is 1. The van der Waals surface area contributed by atoms with Crippen molar-refractivity contribution in [3.63, 3.8) is 0 Å². The van der Waals surface area contributed by atoms with Crippen LogP contribution >= 0.6 is 0 Å². The molecule has 0 radical (unpaired) electrons. The fourth-order valence-corrected chi connectivity index (χ4v) is 2.55. The third-order valence-electron chi connectivity index (χ3n) is 4.07. The zero-order chi connectivity index (χ0) is 14.8. The molecule has 5 heteroatoms. The molecule has 21 heavy (non-hydrogen) atoms. The van der Waals surface area contributed by atoms with Gasteiger partial charge in [-0.2, -0.15) is 0 Å². The van der Waals surface area contributed by atoms with Gasteiger partial charge in [0.25, 0.3) is 11.8 Å². The third kappa shape index (κ3) is 3.24. The van der Waals surface area contributed by atoms with Gasteiger partial charge in [0, 0.05) is 37.4 Å². The first kappa shape index (κ1) is 14.1. The summed E-state index contributed by atoms with van der Waals surface area (Å²) in [5, 5.41) is 2.94. The van der Waals surface area contributed by atoms with Crippen molar-refractivity contribution in [2.45, 2.75) is 31.4 Å². The van der Waals surface area contributed by atoms with Crippen LogP contribution < -0.4 is 5.32 Å². The molecule has 1 aromatic rings. The standard InChI is InChI=1S/C16H20N2O3/c1-21-14-8-9-18(10-14)16(20)12-4-2-11(3-5-12)15(19)17-13-6-7-13/h2-5,13-14H,6-10H2,1H3,(H,17,19)/t14-/m0/s1. The molecule has 0 aromatic heterocycles. The van der Waals surface area contributed by atoms with E-state index < -0.39 is 0 Å². The lowest BCUT2D eigenvalue weighted by molar-refractivity contribution is 0.0724. The lowest BCUT2D eigenvalue weighted by atomic mass is 10.1. The first-order valence-electron chi connectivity index (χ1n) is 7.40. The Hall–Kier alpha value is -1.88. The average Bonchev–Trinajstić information content (AvgIpc) is 3.19. The second kappa shape index (κ2) is 5.85. The minimum Gasteiger partial charge on any atom is -0.380 e. The number of rotatable bonds is 4. The van der Waals surface area contributed by atoms with E-state index in [1.54, 1.807) is 36.3 Å². The number of nitrogens with zero attached hydrogens (tertiary/aromatic N) is 1. The molecule has 1 heterocycles. The van der Waals surface area contributed by atoms with Gasteiger partial charge in [-0.3, -0.25) is 9.59 Å². The van der Waals surface area contributed by atoms with Gasteiger partial charge < -0.3 is 15.0 Å². The lowest BCUT2D eigenvalue weighted by Gasteiger charge is -2.16. The smallest absolute Gasteiger partial charge is 0.253 e. The Morgan fingerprint density at radius 3 is 2.38 bits per heavy atom. The molecule has 1 aromatic carbocycles. The van der Waals surface area contributed by atoms with Gasteiger partial charge in [-0.25, -0.2) is 0 Å². The number of hydrogen-bond acceptors (Lipinski definition) is 3. The third-order valence-corrected chi connectivity index (χ3v) is 4.07. The number of methoxy groups -OCH3 is 1. The molecule has 0 bridgehead atoms. The second-order valence-corrected chi connectivity index (χ2v) is 5.72. The molecular weight excluding hydrogens is 268 g/mol. The first-order valence-corrected chi connectivity index (χ1v) is 7.40. The molecule has 0 spiro atoms. The Bertz CT molecular complexity index is 537. The Morgan fingerprint density at radius 2 is 1.81 bits per heavy atom. The summed E-state index contributed by atoms with van der Waals surface area (Å²) in [4.78, 5) is 26.0. The van der Waals surface area contributed by atoms with Crippen LogP contribution in [-0.4, -0.2) is 49.1 Å². The maximum atomic E-state index is 12.3. The van der Waals surface area contributed by atoms with Crippen molar-refractivity contribution in [2.75, 3.05) is 20.2 Å². The SMILES string of the molecule is CO[C@H]1CCN(C(=O)c2ccc(C(=O)NC3CC3)cc2)C1. The van der Waals surface area contributed by atoms with E-state index >= 15 is 0 Å². The van der Waals surface area contributed by atoms with Crippen molar-refractivity contribution in [1.29, 1.82) is 0 Å². The van der Waals surface area contributed by atoms with Crippen LogP contribution in [0.25, 0.3) is 0 Å². The summed E-state index contributed by atoms with van der Waals surface area (Å²) in [5.74, 6) is -0.0548. The molecule has 3 rings (SSSR count).